The molecular weight excluding hydrogens is 1270 g/mol. The van der Waals surface area contributed by atoms with Crippen molar-refractivity contribution >= 4 is 100 Å². The summed E-state index contributed by atoms with van der Waals surface area (Å²) in [6, 6.07) is -0.223. The van der Waals surface area contributed by atoms with Gasteiger partial charge in [-0.3, -0.25) is 14.6 Å². The minimum absolute atomic E-state index is 0. The van der Waals surface area contributed by atoms with Crippen molar-refractivity contribution in [3.63, 3.8) is 0 Å². The number of aliphatic hydroxyl groups excluding tert-OH is 1. The van der Waals surface area contributed by atoms with Gasteiger partial charge in [0.2, 0.25) is 10.6 Å². The zero-order chi connectivity index (χ0) is 65.4. The fraction of sp³-hybridized carbons (Fsp3) is 0.780. The lowest BCUT2D eigenvalue weighted by Gasteiger charge is -2.34. The van der Waals surface area contributed by atoms with E-state index in [4.69, 9.17) is 70.6 Å². The molecule has 4 aromatic rings. The molecule has 4 aliphatic heterocycles. The Bertz CT molecular complexity index is 3360. The van der Waals surface area contributed by atoms with E-state index < -0.39 is 116 Å². The van der Waals surface area contributed by atoms with E-state index in [2.05, 4.69) is 30.1 Å². The van der Waals surface area contributed by atoms with Crippen molar-refractivity contribution in [1.29, 1.82) is 0 Å². The zero-order valence-electron chi connectivity index (χ0n) is 54.0. The molecule has 10 atom stereocenters. The van der Waals surface area contributed by atoms with Gasteiger partial charge in [-0.25, -0.2) is 19.0 Å². The van der Waals surface area contributed by atoms with E-state index >= 15 is 0 Å². The second-order valence-corrected chi connectivity index (χ2v) is 36.9. The molecule has 2 unspecified atom stereocenters. The van der Waals surface area contributed by atoms with E-state index in [1.165, 1.54) is 6.92 Å². The second kappa shape index (κ2) is 26.9. The smallest absolute Gasteiger partial charge is 0.416 e. The fourth-order valence-corrected chi connectivity index (χ4v) is 15.2. The van der Waals surface area contributed by atoms with Gasteiger partial charge >= 0.3 is 12.2 Å². The number of nitrogens with zero attached hydrogens (tertiary/aromatic N) is 10. The van der Waals surface area contributed by atoms with Crippen LogP contribution in [0.5, 0.6) is 0 Å². The van der Waals surface area contributed by atoms with Gasteiger partial charge < -0.3 is 61.6 Å². The van der Waals surface area contributed by atoms with Crippen LogP contribution in [0.3, 0.4) is 0 Å². The lowest BCUT2D eigenvalue weighted by atomic mass is 10.1. The molecule has 0 radical (unpaired) electrons. The Morgan fingerprint density at radius 3 is 1.32 bits per heavy atom. The maximum Gasteiger partial charge on any atom is 0.416 e. The van der Waals surface area contributed by atoms with Crippen molar-refractivity contribution in [2.45, 2.75) is 243 Å². The highest BCUT2D eigenvalue weighted by atomic mass is 35.5. The number of aromatic nitrogens is 8. The van der Waals surface area contributed by atoms with E-state index in [9.17, 15) is 28.6 Å². The molecule has 31 heteroatoms. The Morgan fingerprint density at radius 2 is 0.989 bits per heavy atom. The highest BCUT2D eigenvalue weighted by Gasteiger charge is 2.59. The molecular formula is C59H92Cl2N10O16P2S. The SMILES string of the molecule is C.CC(=O)SCC(C)(OC[C@H]1O[C@@H](n2ncc3c(N(C(=O)OC(C)(C)C)C4CCCC4)nc(Cl)nc32)[C@@H]2OC(C)(C)O[C@@H]21)P(C)(C)=O.CC(C)(C)OC(=O)N(c1nc(Cl)nc2c1cnn2[C@@H]1O[C@H](COC(C)(CO)P(C)(C)=O)[C@H]2OC(C)(C)O[C@H]21)C1CCCC1. The number of halogens is 2. The van der Waals surface area contributed by atoms with Crippen molar-refractivity contribution in [2.75, 3.05) is 62.0 Å². The first kappa shape index (κ1) is 72.2. The van der Waals surface area contributed by atoms with Gasteiger partial charge in [0.25, 0.3) is 0 Å². The number of hydrogen-bond acceptors (Lipinski definition) is 23. The Hall–Kier alpha value is -3.66. The number of thioether (sulfide) groups is 1. The molecule has 0 aromatic carbocycles. The summed E-state index contributed by atoms with van der Waals surface area (Å²) in [7, 11) is -5.65. The molecule has 6 fully saturated rings. The highest BCUT2D eigenvalue weighted by molar-refractivity contribution is 8.13. The van der Waals surface area contributed by atoms with Crippen LogP contribution in [-0.2, 0) is 61.3 Å². The number of anilines is 2. The first-order valence-corrected chi connectivity index (χ1v) is 37.2. The second-order valence-electron chi connectivity index (χ2n) is 27.7. The van der Waals surface area contributed by atoms with Gasteiger partial charge in [0.15, 0.2) is 52.1 Å². The summed E-state index contributed by atoms with van der Waals surface area (Å²) in [5.74, 6) is -0.971. The lowest BCUT2D eigenvalue weighted by molar-refractivity contribution is -0.206. The van der Waals surface area contributed by atoms with Gasteiger partial charge in [-0.1, -0.05) is 44.9 Å². The summed E-state index contributed by atoms with van der Waals surface area (Å²) in [4.78, 5) is 60.0. The molecule has 90 heavy (non-hydrogen) atoms. The maximum absolute atomic E-state index is 13.6. The fourth-order valence-electron chi connectivity index (χ4n) is 11.7. The predicted molar refractivity (Wildman–Crippen MR) is 343 cm³/mol. The van der Waals surface area contributed by atoms with Crippen molar-refractivity contribution in [3.05, 3.63) is 23.0 Å². The van der Waals surface area contributed by atoms with Crippen LogP contribution in [0.1, 0.15) is 161 Å². The Morgan fingerprint density at radius 1 is 0.633 bits per heavy atom. The third-order valence-corrected chi connectivity index (χ3v) is 23.6. The molecule has 10 rings (SSSR count). The maximum atomic E-state index is 13.6. The number of hydrogen-bond donors (Lipinski definition) is 1. The molecule has 4 saturated heterocycles. The molecule has 504 valence electrons. The van der Waals surface area contributed by atoms with Crippen LogP contribution < -0.4 is 9.80 Å². The minimum atomic E-state index is -2.84. The summed E-state index contributed by atoms with van der Waals surface area (Å²) in [5, 5.41) is 17.7. The van der Waals surface area contributed by atoms with E-state index in [-0.39, 0.29) is 54.2 Å². The zero-order valence-corrected chi connectivity index (χ0v) is 58.1. The van der Waals surface area contributed by atoms with Crippen molar-refractivity contribution in [3.8, 4) is 0 Å². The number of fused-ring (bicyclic) bond motifs is 4. The van der Waals surface area contributed by atoms with Crippen LogP contribution in [0.15, 0.2) is 12.4 Å². The number of carbonyl (C=O) groups excluding carboxylic acids is 3. The van der Waals surface area contributed by atoms with Gasteiger partial charge in [0.1, 0.15) is 72.8 Å². The van der Waals surface area contributed by atoms with Crippen LogP contribution in [0.2, 0.25) is 10.6 Å². The summed E-state index contributed by atoms with van der Waals surface area (Å²) >= 11 is 14.1. The molecule has 26 nitrogen and oxygen atoms in total. The normalized spacial score (nSPS) is 26.5. The average molecular weight is 1360 g/mol. The van der Waals surface area contributed by atoms with Gasteiger partial charge in [-0.05, 0) is 159 Å². The molecule has 0 bridgehead atoms. The van der Waals surface area contributed by atoms with Crippen LogP contribution in [0.25, 0.3) is 22.1 Å². The van der Waals surface area contributed by atoms with E-state index in [0.717, 1.165) is 63.1 Å². The van der Waals surface area contributed by atoms with Crippen molar-refractivity contribution in [1.82, 2.24) is 39.5 Å². The Balaban J connectivity index is 0.000000230. The van der Waals surface area contributed by atoms with E-state index in [1.54, 1.807) is 72.1 Å². The average Bonchev–Trinajstić information content (AvgIpc) is 1.58. The first-order valence-electron chi connectivity index (χ1n) is 30.2. The molecule has 0 spiro atoms. The number of ether oxygens (including phenoxy) is 10. The molecule has 6 aliphatic rings. The van der Waals surface area contributed by atoms with Crippen LogP contribution in [0, 0.1) is 0 Å². The monoisotopic (exact) mass is 1360 g/mol. The van der Waals surface area contributed by atoms with Gasteiger partial charge in [0, 0.05) is 24.8 Å². The molecule has 4 aromatic heterocycles. The quantitative estimate of drug-likeness (QED) is 0.0759. The number of amides is 2. The standard InChI is InChI=1S/C30H45ClN5O8PS.C28H43ClN5O8P.CH4/c1-17(37)46-16-30(7,45(8,9)39)40-15-20-21-22(43-29(5,6)42-21)25(41-20)36-24-19(14-32-36)23(33-26(31)34-24)35(18-12-10-11-13-18)27(38)44-28(2,3)4;1-26(2,3)42-25(36)33(16-11-9-10-12-16)21-17-13-30-34(22(17)32-24(29)31-21)23-20-19(40-27(4,5)41-20)18(39-23)14-38-28(6,15-35)43(7,8)37;/h14,18,20-22,25H,10-13,15-16H2,1-9H3;13,16,18-20,23,35H,9-12,14-15H2,1-8H3;1H4/t20-,21-,22-,25-,30?;18-,19-,20-,23-,28?;/m11./s1. The first-order chi connectivity index (χ1) is 41.2. The van der Waals surface area contributed by atoms with Crippen molar-refractivity contribution in [2.24, 2.45) is 0 Å². The van der Waals surface area contributed by atoms with Crippen molar-refractivity contribution < 1.29 is 76.0 Å². The van der Waals surface area contributed by atoms with Crippen LogP contribution in [-0.4, -0.2) is 196 Å². The van der Waals surface area contributed by atoms with Gasteiger partial charge in [-0.2, -0.15) is 30.1 Å². The molecule has 1 N–H and O–H groups in total. The summed E-state index contributed by atoms with van der Waals surface area (Å²) < 4.78 is 91.3. The Kier molecular flexibility index (Phi) is 21.5. The predicted octanol–water partition coefficient (Wildman–Crippen LogP) is 11.8. The molecule has 2 amide bonds. The molecule has 2 saturated carbocycles. The number of aliphatic hydroxyl groups is 1. The van der Waals surface area contributed by atoms with Crippen LogP contribution in [0.4, 0.5) is 21.2 Å². The van der Waals surface area contributed by atoms with Gasteiger partial charge in [-0.15, -0.1) is 0 Å². The number of rotatable bonds is 17. The number of carbonyl (C=O) groups is 3. The largest absolute Gasteiger partial charge is 0.443 e. The summed E-state index contributed by atoms with van der Waals surface area (Å²) in [5.41, 5.74) is -0.712. The molecule has 2 aliphatic carbocycles. The highest BCUT2D eigenvalue weighted by Crippen LogP contribution is 2.55. The summed E-state index contributed by atoms with van der Waals surface area (Å²) in [6.45, 7) is 29.1. The van der Waals surface area contributed by atoms with E-state index in [1.807, 2.05) is 69.2 Å². The summed E-state index contributed by atoms with van der Waals surface area (Å²) in [6.07, 6.45) is 4.16. The van der Waals surface area contributed by atoms with E-state index in [0.29, 0.717) is 33.7 Å². The molecule has 8 heterocycles. The Labute approximate surface area is 541 Å². The van der Waals surface area contributed by atoms with Crippen LogP contribution >= 0.6 is 49.2 Å². The lowest BCUT2D eigenvalue weighted by Crippen LogP contribution is -2.43. The minimum Gasteiger partial charge on any atom is -0.443 e. The third-order valence-electron chi connectivity index (χ3n) is 16.8. The third kappa shape index (κ3) is 15.7. The van der Waals surface area contributed by atoms with Gasteiger partial charge in [0.05, 0.1) is 43.0 Å². The topological polar surface area (TPSA) is 292 Å².